The number of unbranched alkanes of at least 4 members (excludes halogenated alkanes) is 1. The van der Waals surface area contributed by atoms with Gasteiger partial charge in [-0.05, 0) is 24.0 Å². The summed E-state index contributed by atoms with van der Waals surface area (Å²) < 4.78 is 0. The molecular formula is C21H23N. The predicted molar refractivity (Wildman–Crippen MR) is 95.1 cm³/mol. The van der Waals surface area contributed by atoms with Crippen LogP contribution in [-0.2, 0) is 0 Å². The van der Waals surface area contributed by atoms with Crippen LogP contribution in [0, 0.1) is 0 Å². The van der Waals surface area contributed by atoms with Crippen LogP contribution in [-0.4, -0.2) is 4.98 Å². The summed E-state index contributed by atoms with van der Waals surface area (Å²) in [6.45, 7) is 4.57. The summed E-state index contributed by atoms with van der Waals surface area (Å²) in [6.07, 6.45) is 3.75. The molecule has 112 valence electrons. The smallest absolute Gasteiger partial charge is 0.0744 e. The van der Waals surface area contributed by atoms with Gasteiger partial charge in [0.25, 0.3) is 0 Å². The second-order valence-corrected chi connectivity index (χ2v) is 6.02. The normalized spacial score (nSPS) is 12.5. The number of nitrogens with zero attached hydrogens (tertiary/aromatic N) is 1. The van der Waals surface area contributed by atoms with Gasteiger partial charge < -0.3 is 0 Å². The van der Waals surface area contributed by atoms with E-state index in [0.717, 1.165) is 11.2 Å². The molecule has 0 amide bonds. The van der Waals surface area contributed by atoms with Crippen molar-refractivity contribution >= 4 is 10.9 Å². The minimum absolute atomic E-state index is 0.558. The van der Waals surface area contributed by atoms with Gasteiger partial charge in [-0.2, -0.15) is 0 Å². The Bertz CT molecular complexity index is 746. The zero-order chi connectivity index (χ0) is 15.4. The van der Waals surface area contributed by atoms with Crippen LogP contribution >= 0.6 is 0 Å². The molecule has 1 atom stereocenters. The molecule has 0 saturated carbocycles. The molecule has 22 heavy (non-hydrogen) atoms. The molecular weight excluding hydrogens is 266 g/mol. The molecule has 2 aromatic carbocycles. The van der Waals surface area contributed by atoms with Crippen molar-refractivity contribution < 1.29 is 0 Å². The zero-order valence-corrected chi connectivity index (χ0v) is 13.4. The van der Waals surface area contributed by atoms with Gasteiger partial charge in [-0.3, -0.25) is 0 Å². The molecule has 1 heteroatoms. The van der Waals surface area contributed by atoms with E-state index in [1.165, 1.54) is 35.8 Å². The lowest BCUT2D eigenvalue weighted by Crippen LogP contribution is -1.97. The molecule has 0 saturated heterocycles. The maximum absolute atomic E-state index is 4.97. The molecule has 0 aliphatic carbocycles. The largest absolute Gasteiger partial charge is 0.247 e. The van der Waals surface area contributed by atoms with Gasteiger partial charge >= 0.3 is 0 Å². The molecule has 3 aromatic rings. The Morgan fingerprint density at radius 3 is 2.50 bits per heavy atom. The van der Waals surface area contributed by atoms with Crippen LogP contribution in [0.5, 0.6) is 0 Å². The third-order valence-corrected chi connectivity index (χ3v) is 4.34. The Balaban J connectivity index is 2.06. The Morgan fingerprint density at radius 1 is 0.909 bits per heavy atom. The molecule has 0 fully saturated rings. The van der Waals surface area contributed by atoms with Crippen LogP contribution < -0.4 is 0 Å². The van der Waals surface area contributed by atoms with Crippen molar-refractivity contribution in [1.29, 1.82) is 0 Å². The van der Waals surface area contributed by atoms with Crippen molar-refractivity contribution in [2.24, 2.45) is 0 Å². The quantitative estimate of drug-likeness (QED) is 0.545. The van der Waals surface area contributed by atoms with E-state index in [9.17, 15) is 0 Å². The molecule has 3 rings (SSSR count). The van der Waals surface area contributed by atoms with E-state index in [1.807, 2.05) is 6.07 Å². The average molecular weight is 289 g/mol. The van der Waals surface area contributed by atoms with E-state index >= 15 is 0 Å². The first-order valence-electron chi connectivity index (χ1n) is 8.24. The first-order chi connectivity index (χ1) is 10.8. The van der Waals surface area contributed by atoms with Crippen LogP contribution in [0.2, 0.25) is 0 Å². The lowest BCUT2D eigenvalue weighted by Gasteiger charge is -2.14. The summed E-state index contributed by atoms with van der Waals surface area (Å²) in [5.41, 5.74) is 4.78. The summed E-state index contributed by atoms with van der Waals surface area (Å²) in [7, 11) is 0. The number of hydrogen-bond acceptors (Lipinski definition) is 1. The average Bonchev–Trinajstić information content (AvgIpc) is 2.59. The van der Waals surface area contributed by atoms with Crippen molar-refractivity contribution in [3.63, 3.8) is 0 Å². The van der Waals surface area contributed by atoms with Gasteiger partial charge in [0.2, 0.25) is 0 Å². The predicted octanol–water partition coefficient (Wildman–Crippen LogP) is 6.20. The maximum atomic E-state index is 4.97. The van der Waals surface area contributed by atoms with Gasteiger partial charge in [0.05, 0.1) is 11.2 Å². The van der Waals surface area contributed by atoms with Gasteiger partial charge in [-0.1, -0.05) is 81.3 Å². The number of aromatic nitrogens is 1. The minimum Gasteiger partial charge on any atom is -0.247 e. The SMILES string of the molecule is CCCCC(C)c1cccc2ccc(-c3ccccc3)nc12. The second-order valence-electron chi connectivity index (χ2n) is 6.02. The van der Waals surface area contributed by atoms with Crippen LogP contribution in [0.15, 0.2) is 60.7 Å². The van der Waals surface area contributed by atoms with Gasteiger partial charge in [0.15, 0.2) is 0 Å². The molecule has 1 heterocycles. The van der Waals surface area contributed by atoms with E-state index < -0.39 is 0 Å². The molecule has 0 N–H and O–H groups in total. The highest BCUT2D eigenvalue weighted by atomic mass is 14.7. The highest BCUT2D eigenvalue weighted by molar-refractivity contribution is 5.84. The number of benzene rings is 2. The topological polar surface area (TPSA) is 12.9 Å². The van der Waals surface area contributed by atoms with Gasteiger partial charge in [0.1, 0.15) is 0 Å². The van der Waals surface area contributed by atoms with Gasteiger partial charge in [-0.25, -0.2) is 4.98 Å². The zero-order valence-electron chi connectivity index (χ0n) is 13.4. The molecule has 1 unspecified atom stereocenters. The molecule has 0 radical (unpaired) electrons. The van der Waals surface area contributed by atoms with E-state index in [1.54, 1.807) is 0 Å². The Morgan fingerprint density at radius 2 is 1.73 bits per heavy atom. The fraction of sp³-hybridized carbons (Fsp3) is 0.286. The molecule has 0 aliphatic rings. The number of pyridine rings is 1. The summed E-state index contributed by atoms with van der Waals surface area (Å²) in [6, 6.07) is 21.3. The van der Waals surface area contributed by atoms with Crippen LogP contribution in [0.25, 0.3) is 22.2 Å². The van der Waals surface area contributed by atoms with E-state index in [0.29, 0.717) is 5.92 Å². The lowest BCUT2D eigenvalue weighted by atomic mass is 9.93. The highest BCUT2D eigenvalue weighted by Gasteiger charge is 2.11. The number of rotatable bonds is 5. The Kier molecular flexibility index (Phi) is 4.53. The van der Waals surface area contributed by atoms with Gasteiger partial charge in [-0.15, -0.1) is 0 Å². The van der Waals surface area contributed by atoms with Crippen molar-refractivity contribution in [2.45, 2.75) is 39.0 Å². The second kappa shape index (κ2) is 6.74. The van der Waals surface area contributed by atoms with E-state index in [2.05, 4.69) is 68.4 Å². The van der Waals surface area contributed by atoms with E-state index in [-0.39, 0.29) is 0 Å². The van der Waals surface area contributed by atoms with Crippen LogP contribution in [0.1, 0.15) is 44.6 Å². The number of fused-ring (bicyclic) bond motifs is 1. The summed E-state index contributed by atoms with van der Waals surface area (Å²) in [4.78, 5) is 4.97. The standard InChI is InChI=1S/C21H23N/c1-3-4-9-16(2)19-13-8-12-18-14-15-20(22-21(18)19)17-10-6-5-7-11-17/h5-8,10-16H,3-4,9H2,1-2H3. The van der Waals surface area contributed by atoms with Crippen molar-refractivity contribution in [1.82, 2.24) is 4.98 Å². The fourth-order valence-corrected chi connectivity index (χ4v) is 3.00. The minimum atomic E-state index is 0.558. The fourth-order valence-electron chi connectivity index (χ4n) is 3.00. The molecule has 1 aromatic heterocycles. The maximum Gasteiger partial charge on any atom is 0.0744 e. The molecule has 0 bridgehead atoms. The molecule has 0 aliphatic heterocycles. The summed E-state index contributed by atoms with van der Waals surface area (Å²) in [5.74, 6) is 0.558. The van der Waals surface area contributed by atoms with Crippen molar-refractivity contribution in [2.75, 3.05) is 0 Å². The number of hydrogen-bond donors (Lipinski definition) is 0. The number of para-hydroxylation sites is 1. The Labute approximate surface area is 133 Å². The molecule has 1 nitrogen and oxygen atoms in total. The Hall–Kier alpha value is -2.15. The van der Waals surface area contributed by atoms with Crippen LogP contribution in [0.3, 0.4) is 0 Å². The first-order valence-corrected chi connectivity index (χ1v) is 8.24. The summed E-state index contributed by atoms with van der Waals surface area (Å²) >= 11 is 0. The monoisotopic (exact) mass is 289 g/mol. The third kappa shape index (κ3) is 3.04. The van der Waals surface area contributed by atoms with E-state index in [4.69, 9.17) is 4.98 Å². The first kappa shape index (κ1) is 14.8. The summed E-state index contributed by atoms with van der Waals surface area (Å²) in [5, 5.41) is 1.24. The van der Waals surface area contributed by atoms with Crippen LogP contribution in [0.4, 0.5) is 0 Å². The van der Waals surface area contributed by atoms with Crippen molar-refractivity contribution in [3.05, 3.63) is 66.2 Å². The van der Waals surface area contributed by atoms with Gasteiger partial charge in [0, 0.05) is 10.9 Å². The highest BCUT2D eigenvalue weighted by Crippen LogP contribution is 2.29. The van der Waals surface area contributed by atoms with Crippen molar-refractivity contribution in [3.8, 4) is 11.3 Å². The third-order valence-electron chi connectivity index (χ3n) is 4.34. The lowest BCUT2D eigenvalue weighted by molar-refractivity contribution is 0.627. The molecule has 0 spiro atoms.